The molecule has 1 aliphatic heterocycles. The molecule has 136 valence electrons. The lowest BCUT2D eigenvalue weighted by atomic mass is 10.2. The average Bonchev–Trinajstić information content (AvgIpc) is 2.44. The van der Waals surface area contributed by atoms with Crippen molar-refractivity contribution in [2.24, 2.45) is 0 Å². The van der Waals surface area contributed by atoms with Gasteiger partial charge in [-0.3, -0.25) is 9.52 Å². The van der Waals surface area contributed by atoms with Crippen LogP contribution in [-0.4, -0.2) is 31.9 Å². The Morgan fingerprint density at radius 2 is 1.76 bits per heavy atom. The third kappa shape index (κ3) is 5.10. The average molecular weight is 372 g/mol. The van der Waals surface area contributed by atoms with Crippen LogP contribution in [0, 0.1) is 25.5 Å². The van der Waals surface area contributed by atoms with Gasteiger partial charge in [-0.2, -0.15) is 0 Å². The van der Waals surface area contributed by atoms with Crippen LogP contribution in [0.1, 0.15) is 11.1 Å². The highest BCUT2D eigenvalue weighted by Gasteiger charge is 2.32. The molecule has 0 bridgehead atoms. The third-order valence-corrected chi connectivity index (χ3v) is 5.08. The van der Waals surface area contributed by atoms with Gasteiger partial charge in [0, 0.05) is 6.20 Å². The summed E-state index contributed by atoms with van der Waals surface area (Å²) in [4.78, 5) is 12.6. The molecular formula is C16H18F2N2O4S. The van der Waals surface area contributed by atoms with E-state index in [-0.39, 0.29) is 18.9 Å². The van der Waals surface area contributed by atoms with E-state index in [1.807, 2.05) is 0 Å². The zero-order chi connectivity index (χ0) is 18.6. The Balaban J connectivity index is 0.000000212. The highest BCUT2D eigenvalue weighted by atomic mass is 32.2. The first-order chi connectivity index (χ1) is 11.7. The van der Waals surface area contributed by atoms with Crippen LogP contribution in [0.25, 0.3) is 0 Å². The minimum absolute atomic E-state index is 0.0162. The molecule has 0 spiro atoms. The monoisotopic (exact) mass is 372 g/mol. The number of pyridine rings is 1. The van der Waals surface area contributed by atoms with E-state index in [0.29, 0.717) is 5.56 Å². The molecule has 0 amide bonds. The number of ether oxygens (including phenoxy) is 1. The number of H-pyrrole nitrogens is 1. The number of anilines is 1. The van der Waals surface area contributed by atoms with E-state index in [2.05, 4.69) is 9.71 Å². The number of sulfonamides is 1. The lowest BCUT2D eigenvalue weighted by Crippen LogP contribution is -2.43. The number of aromatic amines is 1. The fraction of sp³-hybridized carbons (Fsp3) is 0.312. The second kappa shape index (κ2) is 7.75. The molecule has 2 heterocycles. The standard InChI is InChI=1S/C10H12FNO3S.C6H6FNO/c1-7-2-3-10(9(11)4-7)12-16(13,14)8-5-15-6-8;1-4-2-5(7)6(9)8-3-4/h2-4,8,12H,5-6H2,1H3;2-3H,1H3,(H,8,9). The number of aromatic nitrogens is 1. The number of hydrogen-bond donors (Lipinski definition) is 2. The maximum absolute atomic E-state index is 13.4. The van der Waals surface area contributed by atoms with Gasteiger partial charge >= 0.3 is 0 Å². The van der Waals surface area contributed by atoms with Gasteiger partial charge in [0.2, 0.25) is 10.0 Å². The van der Waals surface area contributed by atoms with Gasteiger partial charge in [0.15, 0.2) is 5.82 Å². The molecule has 9 heteroatoms. The normalized spacial score (nSPS) is 14.2. The molecule has 1 fully saturated rings. The summed E-state index contributed by atoms with van der Waals surface area (Å²) in [5.41, 5.74) is 0.776. The van der Waals surface area contributed by atoms with Crippen molar-refractivity contribution in [1.82, 2.24) is 4.98 Å². The zero-order valence-electron chi connectivity index (χ0n) is 13.7. The van der Waals surface area contributed by atoms with Gasteiger partial charge in [-0.05, 0) is 43.2 Å². The Morgan fingerprint density at radius 3 is 2.24 bits per heavy atom. The fourth-order valence-corrected chi connectivity index (χ4v) is 3.08. The van der Waals surface area contributed by atoms with E-state index in [9.17, 15) is 22.0 Å². The van der Waals surface area contributed by atoms with Crippen LogP contribution in [0.15, 0.2) is 35.3 Å². The van der Waals surface area contributed by atoms with Crippen LogP contribution in [0.3, 0.4) is 0 Å². The zero-order valence-corrected chi connectivity index (χ0v) is 14.5. The molecule has 2 N–H and O–H groups in total. The van der Waals surface area contributed by atoms with Crippen molar-refractivity contribution in [3.63, 3.8) is 0 Å². The Morgan fingerprint density at radius 1 is 1.12 bits per heavy atom. The van der Waals surface area contributed by atoms with Gasteiger partial charge in [-0.25, -0.2) is 17.2 Å². The molecule has 1 saturated heterocycles. The first-order valence-electron chi connectivity index (χ1n) is 7.39. The van der Waals surface area contributed by atoms with Gasteiger partial charge in [-0.15, -0.1) is 0 Å². The van der Waals surface area contributed by atoms with Crippen LogP contribution < -0.4 is 10.3 Å². The van der Waals surface area contributed by atoms with Crippen LogP contribution in [0.5, 0.6) is 0 Å². The van der Waals surface area contributed by atoms with Crippen molar-refractivity contribution < 1.29 is 21.9 Å². The highest BCUT2D eigenvalue weighted by molar-refractivity contribution is 7.93. The van der Waals surface area contributed by atoms with E-state index in [4.69, 9.17) is 4.74 Å². The molecule has 0 radical (unpaired) electrons. The van der Waals surface area contributed by atoms with Gasteiger partial charge < -0.3 is 9.72 Å². The van der Waals surface area contributed by atoms with Crippen molar-refractivity contribution >= 4 is 15.7 Å². The lowest BCUT2D eigenvalue weighted by molar-refractivity contribution is 0.0418. The predicted molar refractivity (Wildman–Crippen MR) is 90.0 cm³/mol. The molecule has 0 atom stereocenters. The first-order valence-corrected chi connectivity index (χ1v) is 8.94. The Kier molecular flexibility index (Phi) is 5.91. The van der Waals surface area contributed by atoms with E-state index in [1.54, 1.807) is 19.9 Å². The summed E-state index contributed by atoms with van der Waals surface area (Å²) in [6, 6.07) is 5.55. The second-order valence-electron chi connectivity index (χ2n) is 5.64. The number of hydrogen-bond acceptors (Lipinski definition) is 4. The number of halogens is 2. The molecule has 6 nitrogen and oxygen atoms in total. The molecule has 25 heavy (non-hydrogen) atoms. The van der Waals surface area contributed by atoms with Crippen LogP contribution >= 0.6 is 0 Å². The number of nitrogens with one attached hydrogen (secondary N) is 2. The molecule has 0 aliphatic carbocycles. The quantitative estimate of drug-likeness (QED) is 0.864. The van der Waals surface area contributed by atoms with E-state index < -0.39 is 32.5 Å². The Bertz CT molecular complexity index is 909. The van der Waals surface area contributed by atoms with Crippen molar-refractivity contribution in [3.8, 4) is 0 Å². The summed E-state index contributed by atoms with van der Waals surface area (Å²) < 4.78 is 56.0. The summed E-state index contributed by atoms with van der Waals surface area (Å²) in [6.07, 6.45) is 1.46. The molecule has 3 rings (SSSR count). The van der Waals surface area contributed by atoms with Crippen molar-refractivity contribution in [1.29, 1.82) is 0 Å². The van der Waals surface area contributed by atoms with Crippen LogP contribution in [0.4, 0.5) is 14.5 Å². The maximum atomic E-state index is 13.4. The summed E-state index contributed by atoms with van der Waals surface area (Å²) in [6.45, 7) is 3.78. The minimum Gasteiger partial charge on any atom is -0.378 e. The molecule has 1 aliphatic rings. The summed E-state index contributed by atoms with van der Waals surface area (Å²) >= 11 is 0. The van der Waals surface area contributed by atoms with Crippen LogP contribution in [0.2, 0.25) is 0 Å². The largest absolute Gasteiger partial charge is 0.378 e. The smallest absolute Gasteiger partial charge is 0.283 e. The minimum atomic E-state index is -3.53. The molecule has 1 aromatic carbocycles. The molecular weight excluding hydrogens is 354 g/mol. The van der Waals surface area contributed by atoms with E-state index >= 15 is 0 Å². The summed E-state index contributed by atoms with van der Waals surface area (Å²) in [7, 11) is -3.53. The first kappa shape index (κ1) is 19.1. The van der Waals surface area contributed by atoms with E-state index in [1.165, 1.54) is 24.4 Å². The Labute approximate surface area is 143 Å². The fourth-order valence-electron chi connectivity index (χ4n) is 1.89. The molecule has 2 aromatic rings. The second-order valence-corrected chi connectivity index (χ2v) is 7.60. The summed E-state index contributed by atoms with van der Waals surface area (Å²) in [5.74, 6) is -1.29. The lowest BCUT2D eigenvalue weighted by Gasteiger charge is -2.26. The molecule has 0 unspecified atom stereocenters. The predicted octanol–water partition coefficient (Wildman–Crippen LogP) is 2.10. The van der Waals surface area contributed by atoms with Crippen molar-refractivity contribution in [2.45, 2.75) is 19.1 Å². The number of aryl methyl sites for hydroxylation is 2. The Hall–Kier alpha value is -2.26. The van der Waals surface area contributed by atoms with Gasteiger partial charge in [-0.1, -0.05) is 6.07 Å². The topological polar surface area (TPSA) is 88.3 Å². The number of rotatable bonds is 3. The van der Waals surface area contributed by atoms with Gasteiger partial charge in [0.05, 0.1) is 18.9 Å². The highest BCUT2D eigenvalue weighted by Crippen LogP contribution is 2.20. The van der Waals surface area contributed by atoms with Crippen molar-refractivity contribution in [2.75, 3.05) is 17.9 Å². The maximum Gasteiger partial charge on any atom is 0.283 e. The molecule has 1 aromatic heterocycles. The van der Waals surface area contributed by atoms with Crippen LogP contribution in [-0.2, 0) is 14.8 Å². The SMILES string of the molecule is Cc1c[nH]c(=O)c(F)c1.Cc1ccc(NS(=O)(=O)C2COC2)c(F)c1. The summed E-state index contributed by atoms with van der Waals surface area (Å²) in [5, 5.41) is -0.576. The van der Waals surface area contributed by atoms with Crippen molar-refractivity contribution in [3.05, 3.63) is 63.6 Å². The molecule has 0 saturated carbocycles. The van der Waals surface area contributed by atoms with E-state index in [0.717, 1.165) is 5.56 Å². The third-order valence-electron chi connectivity index (χ3n) is 3.43. The van der Waals surface area contributed by atoms with Gasteiger partial charge in [0.25, 0.3) is 5.56 Å². The number of benzene rings is 1. The van der Waals surface area contributed by atoms with Gasteiger partial charge in [0.1, 0.15) is 11.1 Å².